The minimum absolute atomic E-state index is 0.0142. The molecule has 0 saturated carbocycles. The van der Waals surface area contributed by atoms with Crippen LogP contribution in [0.25, 0.3) is 0 Å². The first-order valence-electron chi connectivity index (χ1n) is 9.09. The Morgan fingerprint density at radius 2 is 1.86 bits per heavy atom. The maximum atomic E-state index is 13.3. The van der Waals surface area contributed by atoms with E-state index in [1.54, 1.807) is 29.8 Å². The summed E-state index contributed by atoms with van der Waals surface area (Å²) in [6, 6.07) is 13.2. The molecule has 4 rings (SSSR count). The van der Waals surface area contributed by atoms with E-state index in [1.807, 2.05) is 18.2 Å². The van der Waals surface area contributed by atoms with Crippen molar-refractivity contribution in [2.75, 3.05) is 18.4 Å². The Hall–Kier alpha value is -2.42. The van der Waals surface area contributed by atoms with E-state index >= 15 is 0 Å². The molecule has 1 fully saturated rings. The predicted octanol–water partition coefficient (Wildman–Crippen LogP) is 3.48. The summed E-state index contributed by atoms with van der Waals surface area (Å²) in [5.41, 5.74) is 1.58. The third kappa shape index (κ3) is 4.01. The van der Waals surface area contributed by atoms with Crippen molar-refractivity contribution in [2.24, 2.45) is 7.05 Å². The number of aromatic nitrogens is 2. The molecule has 0 radical (unpaired) electrons. The van der Waals surface area contributed by atoms with Gasteiger partial charge in [0.25, 0.3) is 10.0 Å². The van der Waals surface area contributed by atoms with Crippen molar-refractivity contribution >= 4 is 27.3 Å². The van der Waals surface area contributed by atoms with Crippen molar-refractivity contribution in [3.8, 4) is 0 Å². The van der Waals surface area contributed by atoms with Crippen LogP contribution in [0.3, 0.4) is 0 Å². The number of imidazole rings is 1. The zero-order valence-corrected chi connectivity index (χ0v) is 17.2. The number of hydrogen-bond donors (Lipinski definition) is 1. The molecular weight excluding hydrogens is 415 g/mol. The van der Waals surface area contributed by atoms with Crippen molar-refractivity contribution in [3.05, 3.63) is 77.5 Å². The number of hydrogen-bond acceptors (Lipinski definition) is 4. The molecule has 9 heteroatoms. The summed E-state index contributed by atoms with van der Waals surface area (Å²) < 4.78 is 42.5. The number of anilines is 1. The number of halogens is 2. The van der Waals surface area contributed by atoms with Gasteiger partial charge in [-0.3, -0.25) is 0 Å². The molecule has 0 amide bonds. The second kappa shape index (κ2) is 7.78. The highest BCUT2D eigenvalue weighted by Crippen LogP contribution is 2.36. The second-order valence-corrected chi connectivity index (χ2v) is 9.38. The van der Waals surface area contributed by atoms with E-state index in [-0.39, 0.29) is 35.9 Å². The lowest BCUT2D eigenvalue weighted by Crippen LogP contribution is -2.32. The van der Waals surface area contributed by atoms with Gasteiger partial charge in [-0.2, -0.15) is 4.31 Å². The quantitative estimate of drug-likeness (QED) is 0.667. The largest absolute Gasteiger partial charge is 0.380 e. The molecule has 29 heavy (non-hydrogen) atoms. The molecule has 0 aliphatic carbocycles. The van der Waals surface area contributed by atoms with Gasteiger partial charge >= 0.3 is 0 Å². The normalized spacial score (nSPS) is 20.1. The van der Waals surface area contributed by atoms with Gasteiger partial charge in [-0.05, 0) is 35.9 Å². The molecule has 3 aromatic rings. The molecule has 2 heterocycles. The van der Waals surface area contributed by atoms with Gasteiger partial charge in [0.1, 0.15) is 5.82 Å². The van der Waals surface area contributed by atoms with Gasteiger partial charge in [-0.25, -0.2) is 17.8 Å². The van der Waals surface area contributed by atoms with Crippen LogP contribution in [0.5, 0.6) is 0 Å². The summed E-state index contributed by atoms with van der Waals surface area (Å²) >= 11 is 6.41. The summed E-state index contributed by atoms with van der Waals surface area (Å²) in [7, 11) is -2.02. The lowest BCUT2D eigenvalue weighted by Gasteiger charge is -2.22. The van der Waals surface area contributed by atoms with Crippen LogP contribution in [0.15, 0.2) is 66.1 Å². The summed E-state index contributed by atoms with van der Waals surface area (Å²) in [6.45, 7) is 0.508. The molecule has 1 aliphatic rings. The van der Waals surface area contributed by atoms with E-state index in [1.165, 1.54) is 29.0 Å². The van der Waals surface area contributed by atoms with Gasteiger partial charge in [0, 0.05) is 49.0 Å². The van der Waals surface area contributed by atoms with Crippen LogP contribution in [0.4, 0.5) is 10.1 Å². The molecule has 1 aromatic heterocycles. The fraction of sp³-hybridized carbons (Fsp3) is 0.250. The van der Waals surface area contributed by atoms with Crippen LogP contribution in [-0.2, 0) is 17.1 Å². The zero-order chi connectivity index (χ0) is 20.6. The average molecular weight is 435 g/mol. The highest BCUT2D eigenvalue weighted by atomic mass is 35.5. The second-order valence-electron chi connectivity index (χ2n) is 7.09. The van der Waals surface area contributed by atoms with Crippen LogP contribution in [0, 0.1) is 5.82 Å². The van der Waals surface area contributed by atoms with Crippen LogP contribution >= 0.6 is 11.6 Å². The zero-order valence-electron chi connectivity index (χ0n) is 15.7. The molecule has 2 aromatic carbocycles. The maximum absolute atomic E-state index is 13.3. The van der Waals surface area contributed by atoms with Crippen molar-refractivity contribution in [2.45, 2.75) is 17.0 Å². The molecule has 0 bridgehead atoms. The molecule has 1 saturated heterocycles. The van der Waals surface area contributed by atoms with Crippen molar-refractivity contribution in [1.82, 2.24) is 13.9 Å². The number of nitrogens with zero attached hydrogens (tertiary/aromatic N) is 3. The van der Waals surface area contributed by atoms with E-state index in [2.05, 4.69) is 10.3 Å². The highest BCUT2D eigenvalue weighted by molar-refractivity contribution is 7.89. The minimum atomic E-state index is -3.75. The van der Waals surface area contributed by atoms with Crippen LogP contribution < -0.4 is 5.32 Å². The summed E-state index contributed by atoms with van der Waals surface area (Å²) in [4.78, 5) is 4.01. The molecule has 2 atom stereocenters. The Kier molecular flexibility index (Phi) is 5.33. The summed E-state index contributed by atoms with van der Waals surface area (Å²) in [5.74, 6) is -0.503. The van der Waals surface area contributed by atoms with E-state index in [4.69, 9.17) is 11.6 Å². The molecule has 0 spiro atoms. The van der Waals surface area contributed by atoms with Crippen molar-refractivity contribution in [3.63, 3.8) is 0 Å². The van der Waals surface area contributed by atoms with Gasteiger partial charge in [0.05, 0.1) is 6.33 Å². The van der Waals surface area contributed by atoms with E-state index in [0.29, 0.717) is 10.7 Å². The summed E-state index contributed by atoms with van der Waals surface area (Å²) in [6.07, 6.45) is 2.95. The lowest BCUT2D eigenvalue weighted by atomic mass is 9.94. The predicted molar refractivity (Wildman–Crippen MR) is 110 cm³/mol. The Balaban J connectivity index is 1.67. The fourth-order valence-electron chi connectivity index (χ4n) is 3.62. The van der Waals surface area contributed by atoms with Gasteiger partial charge in [-0.15, -0.1) is 0 Å². The van der Waals surface area contributed by atoms with Gasteiger partial charge in [-0.1, -0.05) is 29.8 Å². The molecule has 0 unspecified atom stereocenters. The van der Waals surface area contributed by atoms with Crippen molar-refractivity contribution < 1.29 is 12.8 Å². The number of nitrogens with one attached hydrogen (secondary N) is 1. The Labute approximate surface area is 174 Å². The van der Waals surface area contributed by atoms with Gasteiger partial charge in [0.15, 0.2) is 5.03 Å². The first-order valence-corrected chi connectivity index (χ1v) is 10.9. The van der Waals surface area contributed by atoms with E-state index in [0.717, 1.165) is 5.56 Å². The Bertz CT molecular complexity index is 1120. The first-order chi connectivity index (χ1) is 13.8. The molecule has 152 valence electrons. The molecular formula is C20H20ClFN4O2S. The molecule has 1 N–H and O–H groups in total. The highest BCUT2D eigenvalue weighted by Gasteiger charge is 2.41. The number of rotatable bonds is 5. The number of sulfonamides is 1. The van der Waals surface area contributed by atoms with Crippen molar-refractivity contribution in [1.29, 1.82) is 0 Å². The number of benzene rings is 2. The molecule has 1 aliphatic heterocycles. The molecule has 6 nitrogen and oxygen atoms in total. The minimum Gasteiger partial charge on any atom is -0.380 e. The SMILES string of the molecule is Cn1cnc(S(=O)(=O)N2C[C@@H](Nc3ccc(F)cc3)[C@H](c3ccccc3Cl)C2)c1. The standard InChI is InChI=1S/C20H20ClFN4O2S/c1-25-12-20(23-13-25)29(27,28)26-10-17(16-4-2-3-5-18(16)21)19(11-26)24-15-8-6-14(22)7-9-15/h2-9,12-13,17,19,24H,10-11H2,1H3/t17-,19+/m0/s1. The van der Waals surface area contributed by atoms with Crippen LogP contribution in [0.2, 0.25) is 5.02 Å². The monoisotopic (exact) mass is 434 g/mol. The first kappa shape index (κ1) is 19.9. The van der Waals surface area contributed by atoms with Gasteiger partial charge in [0.2, 0.25) is 0 Å². The van der Waals surface area contributed by atoms with Crippen LogP contribution in [-0.4, -0.2) is 41.4 Å². The number of aryl methyl sites for hydroxylation is 1. The fourth-order valence-corrected chi connectivity index (χ4v) is 5.35. The van der Waals surface area contributed by atoms with Crippen LogP contribution in [0.1, 0.15) is 11.5 Å². The Morgan fingerprint density at radius 3 is 2.52 bits per heavy atom. The lowest BCUT2D eigenvalue weighted by molar-refractivity contribution is 0.468. The van der Waals surface area contributed by atoms with E-state index in [9.17, 15) is 12.8 Å². The maximum Gasteiger partial charge on any atom is 0.262 e. The topological polar surface area (TPSA) is 67.2 Å². The summed E-state index contributed by atoms with van der Waals surface area (Å²) in [5, 5.41) is 3.94. The average Bonchev–Trinajstić information content (AvgIpc) is 3.31. The Morgan fingerprint density at radius 1 is 1.14 bits per heavy atom. The third-order valence-electron chi connectivity index (χ3n) is 5.07. The smallest absolute Gasteiger partial charge is 0.262 e. The third-order valence-corrected chi connectivity index (χ3v) is 7.13. The van der Waals surface area contributed by atoms with E-state index < -0.39 is 10.0 Å². The van der Waals surface area contributed by atoms with Gasteiger partial charge < -0.3 is 9.88 Å².